The molecule has 11 amide bonds. The molecule has 13 atom stereocenters. The molecule has 2 rings (SSSR count). The summed E-state index contributed by atoms with van der Waals surface area (Å²) in [5.74, 6) is -9.39. The Morgan fingerprint density at radius 3 is 1.36 bits per heavy atom. The first-order valence-corrected chi connectivity index (χ1v) is 36.8. The van der Waals surface area contributed by atoms with Crippen molar-refractivity contribution >= 4 is 76.7 Å². The number of aryl methyl sites for hydroxylation is 2. The summed E-state index contributed by atoms with van der Waals surface area (Å²) >= 11 is 1.36. The van der Waals surface area contributed by atoms with Gasteiger partial charge in [-0.3, -0.25) is 52.7 Å². The van der Waals surface area contributed by atoms with Crippen LogP contribution in [0, 0.1) is 48.3 Å². The number of likely N-dealkylation sites (N-methyl/N-ethyl adjacent to an activating group) is 7. The quantitative estimate of drug-likeness (QED) is 0.0737. The number of thioether (sulfide) groups is 1. The molecule has 1 fully saturated rings. The van der Waals surface area contributed by atoms with Gasteiger partial charge in [0.25, 0.3) is 0 Å². The van der Waals surface area contributed by atoms with Gasteiger partial charge in [-0.2, -0.15) is 11.8 Å². The van der Waals surface area contributed by atoms with Crippen LogP contribution in [0.25, 0.3) is 0 Å². The lowest BCUT2D eigenvalue weighted by atomic mass is 9.89. The van der Waals surface area contributed by atoms with Gasteiger partial charge in [0.15, 0.2) is 0 Å². The van der Waals surface area contributed by atoms with E-state index in [0.29, 0.717) is 37.9 Å². The number of aliphatic hydroxyl groups excluding tert-OH is 2. The number of nitrogens with zero attached hydrogens (tertiary/aromatic N) is 7. The number of aliphatic hydroxyl groups is 2. The van der Waals surface area contributed by atoms with Gasteiger partial charge in [0, 0.05) is 61.7 Å². The van der Waals surface area contributed by atoms with Crippen molar-refractivity contribution in [1.82, 2.24) is 55.6 Å². The minimum Gasteiger partial charge on any atom is -0.396 e. The van der Waals surface area contributed by atoms with Gasteiger partial charge in [-0.05, 0) is 138 Å². The Labute approximate surface area is 591 Å². The Morgan fingerprint density at radius 2 is 0.878 bits per heavy atom. The first-order chi connectivity index (χ1) is 45.6. The number of rotatable bonds is 23. The third kappa shape index (κ3) is 25.4. The van der Waals surface area contributed by atoms with Crippen LogP contribution in [0.15, 0.2) is 24.3 Å². The van der Waals surface area contributed by atoms with Gasteiger partial charge in [-0.15, -0.1) is 0 Å². The van der Waals surface area contributed by atoms with Gasteiger partial charge >= 0.3 is 0 Å². The maximum atomic E-state index is 15.5. The van der Waals surface area contributed by atoms with Crippen molar-refractivity contribution in [2.45, 2.75) is 254 Å². The average molecular weight is 1400 g/mol. The zero-order valence-electron chi connectivity index (χ0n) is 63.9. The molecule has 0 unspecified atom stereocenters. The van der Waals surface area contributed by atoms with Gasteiger partial charge < -0.3 is 65.8 Å². The van der Waals surface area contributed by atoms with E-state index in [2.05, 4.69) is 21.3 Å². The number of hydrogen-bond donors (Lipinski definition) is 6. The minimum absolute atomic E-state index is 0.0105. The highest BCUT2D eigenvalue weighted by molar-refractivity contribution is 7.99. The van der Waals surface area contributed by atoms with Crippen LogP contribution in [0.5, 0.6) is 0 Å². The normalized spacial score (nSPS) is 25.6. The minimum atomic E-state index is -1.65. The molecule has 25 heteroatoms. The van der Waals surface area contributed by atoms with Gasteiger partial charge in [-0.1, -0.05) is 127 Å². The van der Waals surface area contributed by atoms with E-state index in [-0.39, 0.29) is 68.1 Å². The maximum Gasteiger partial charge on any atom is 0.246 e. The molecule has 0 aliphatic carbocycles. The second-order valence-electron chi connectivity index (χ2n) is 29.9. The number of amides is 11. The van der Waals surface area contributed by atoms with Crippen molar-refractivity contribution in [2.75, 3.05) is 67.4 Å². The Hall–Kier alpha value is -6.34. The third-order valence-electron chi connectivity index (χ3n) is 18.9. The molecule has 24 nitrogen and oxygen atoms in total. The molecule has 1 saturated heterocycles. The molecule has 0 bridgehead atoms. The largest absolute Gasteiger partial charge is 0.396 e. The monoisotopic (exact) mass is 1400 g/mol. The molecule has 1 aliphatic heterocycles. The zero-order valence-corrected chi connectivity index (χ0v) is 64.7. The molecule has 1 heterocycles. The lowest BCUT2D eigenvalue weighted by molar-refractivity contribution is -0.157. The molecular weight excluding hydrogens is 1270 g/mol. The number of nitrogens with one attached hydrogen (secondary N) is 4. The van der Waals surface area contributed by atoms with E-state index in [9.17, 15) is 34.2 Å². The Balaban J connectivity index is 3.11. The zero-order chi connectivity index (χ0) is 75.1. The molecule has 0 radical (unpaired) electrons. The molecule has 0 saturated carbocycles. The summed E-state index contributed by atoms with van der Waals surface area (Å²) in [4.78, 5) is 174. The SMILES string of the molecule is CC[C@@H]1NC(=O)[C@H]([C@H](O)[C@H](C)CCCc2ccc(C)cc2)N(C)C(=O)[C@H](C(C)C)N(C)C(=O)[C@H](CC(C)C)N(C)C(=O)[C@H](CC(C)C)N(C)C(=O)[C@@H](C)NC(=O)[C@H](C)NC(=O)[C@H](CC(C)C)N(C)C(=O)[C@H](C(C)C)NC(=O)[C@H](CC(C)C)N(C)C(=O)[C@@H](CSCCCCO)N(C)C1=O. The standard InChI is InChI=1S/C73H127N11O13S/c1-25-53-68(92)82(22)58(41-98-36-27-26-35-85)71(95)78(18)55(38-43(4)5)65(89)77-59(46(10)11)72(96)79(19)54(37-42(2)3)64(88)74-50(16)63(87)75-51(17)67(91)80(20)56(39-44(6)7)69(93)81(21)57(40-45(8)9)70(94)83(23)60(47(12)13)73(97)84(24)61(66(90)76-53)62(86)49(15)29-28-30-52-33-31-48(14)32-34-52/h31-34,42-47,49-51,53-62,85-86H,25-30,35-41H2,1-24H3,(H,74,88)(H,75,87)(H,76,90)(H,77,89)/t49-,50+,51-,53+,54+,55+,56+,57+,58-,59+,60+,61+,62-/m1/s1. The van der Waals surface area contributed by atoms with Crippen LogP contribution < -0.4 is 21.3 Å². The molecule has 1 aromatic rings. The first kappa shape index (κ1) is 87.7. The van der Waals surface area contributed by atoms with Crippen LogP contribution in [-0.2, 0) is 59.2 Å². The van der Waals surface area contributed by atoms with E-state index in [4.69, 9.17) is 0 Å². The fraction of sp³-hybridized carbons (Fsp3) is 0.767. The predicted molar refractivity (Wildman–Crippen MR) is 386 cm³/mol. The highest BCUT2D eigenvalue weighted by atomic mass is 32.2. The fourth-order valence-electron chi connectivity index (χ4n) is 12.6. The second-order valence-corrected chi connectivity index (χ2v) is 31.0. The highest BCUT2D eigenvalue weighted by Gasteiger charge is 2.46. The average Bonchev–Trinajstić information content (AvgIpc) is 0.808. The smallest absolute Gasteiger partial charge is 0.246 e. The summed E-state index contributed by atoms with van der Waals surface area (Å²) in [5.41, 5.74) is 2.18. The van der Waals surface area contributed by atoms with Crippen molar-refractivity contribution < 1.29 is 63.0 Å². The highest BCUT2D eigenvalue weighted by Crippen LogP contribution is 2.27. The van der Waals surface area contributed by atoms with Crippen molar-refractivity contribution in [1.29, 1.82) is 0 Å². The number of unbranched alkanes of at least 4 members (excludes halogenated alkanes) is 1. The summed E-state index contributed by atoms with van der Waals surface area (Å²) in [7, 11) is 10.1. The lowest BCUT2D eigenvalue weighted by Gasteiger charge is -2.41. The molecule has 1 aromatic carbocycles. The van der Waals surface area contributed by atoms with Crippen molar-refractivity contribution in [3.05, 3.63) is 35.4 Å². The van der Waals surface area contributed by atoms with Gasteiger partial charge in [0.1, 0.15) is 66.5 Å². The molecule has 1 aliphatic rings. The van der Waals surface area contributed by atoms with Crippen LogP contribution in [0.2, 0.25) is 0 Å². The van der Waals surface area contributed by atoms with Crippen LogP contribution in [-0.4, -0.2) is 250 Å². The van der Waals surface area contributed by atoms with Gasteiger partial charge in [-0.25, -0.2) is 0 Å². The van der Waals surface area contributed by atoms with E-state index < -0.39 is 155 Å². The molecular formula is C73H127N11O13S. The van der Waals surface area contributed by atoms with E-state index in [1.165, 1.54) is 104 Å². The van der Waals surface area contributed by atoms with E-state index in [1.807, 2.05) is 86.6 Å². The third-order valence-corrected chi connectivity index (χ3v) is 20.0. The van der Waals surface area contributed by atoms with Crippen molar-refractivity contribution in [3.63, 3.8) is 0 Å². The number of carbonyl (C=O) groups is 11. The van der Waals surface area contributed by atoms with Crippen LogP contribution in [0.3, 0.4) is 0 Å². The molecule has 0 spiro atoms. The maximum absolute atomic E-state index is 15.5. The Morgan fingerprint density at radius 1 is 0.449 bits per heavy atom. The van der Waals surface area contributed by atoms with Crippen LogP contribution in [0.4, 0.5) is 0 Å². The topological polar surface area (TPSA) is 299 Å². The van der Waals surface area contributed by atoms with Crippen molar-refractivity contribution in [3.8, 4) is 0 Å². The van der Waals surface area contributed by atoms with E-state index in [1.54, 1.807) is 41.5 Å². The second kappa shape index (κ2) is 41.4. The number of hydrogen-bond acceptors (Lipinski definition) is 14. The Kier molecular flexibility index (Phi) is 37.1. The molecule has 558 valence electrons. The van der Waals surface area contributed by atoms with Crippen LogP contribution >= 0.6 is 11.8 Å². The summed E-state index contributed by atoms with van der Waals surface area (Å²) in [6.07, 6.45) is 1.76. The lowest BCUT2D eigenvalue weighted by Crippen LogP contribution is -2.64. The first-order valence-electron chi connectivity index (χ1n) is 35.6. The summed E-state index contributed by atoms with van der Waals surface area (Å²) < 4.78 is 0. The van der Waals surface area contributed by atoms with Crippen LogP contribution in [0.1, 0.15) is 180 Å². The van der Waals surface area contributed by atoms with Gasteiger partial charge in [0.05, 0.1) is 6.10 Å². The summed E-state index contributed by atoms with van der Waals surface area (Å²) in [6, 6.07) is -5.82. The number of benzene rings is 1. The summed E-state index contributed by atoms with van der Waals surface area (Å²) in [5, 5.41) is 33.4. The summed E-state index contributed by atoms with van der Waals surface area (Å²) in [6.45, 7) is 30.2. The fourth-order valence-corrected chi connectivity index (χ4v) is 13.7. The van der Waals surface area contributed by atoms with Gasteiger partial charge in [0.2, 0.25) is 65.0 Å². The number of carbonyl (C=O) groups excluding carboxylic acids is 11. The predicted octanol–water partition coefficient (Wildman–Crippen LogP) is 5.51. The van der Waals surface area contributed by atoms with E-state index >= 15 is 28.8 Å². The molecule has 0 aromatic heterocycles. The Bertz CT molecular complexity index is 2790. The molecule has 98 heavy (non-hydrogen) atoms. The molecule has 6 N–H and O–H groups in total. The van der Waals surface area contributed by atoms with E-state index in [0.717, 1.165) is 16.0 Å². The van der Waals surface area contributed by atoms with Crippen molar-refractivity contribution in [2.24, 2.45) is 41.4 Å².